The summed E-state index contributed by atoms with van der Waals surface area (Å²) in [7, 11) is 0. The van der Waals surface area contributed by atoms with E-state index in [1.165, 1.54) is 0 Å². The van der Waals surface area contributed by atoms with Crippen LogP contribution in [0.4, 0.5) is 0 Å². The highest BCUT2D eigenvalue weighted by Gasteiger charge is 2.16. The lowest BCUT2D eigenvalue weighted by molar-refractivity contribution is 0.286. The highest BCUT2D eigenvalue weighted by Crippen LogP contribution is 2.32. The molecule has 156 valence electrons. The zero-order valence-electron chi connectivity index (χ0n) is 17.7. The van der Waals surface area contributed by atoms with Crippen LogP contribution in [0.3, 0.4) is 0 Å². The van der Waals surface area contributed by atoms with Gasteiger partial charge in [0.25, 0.3) is 0 Å². The van der Waals surface area contributed by atoms with Gasteiger partial charge in [-0.2, -0.15) is 0 Å². The predicted octanol–water partition coefficient (Wildman–Crippen LogP) is 6.86. The van der Waals surface area contributed by atoms with Gasteiger partial charge in [0.1, 0.15) is 11.3 Å². The lowest BCUT2D eigenvalue weighted by atomic mass is 10.1. The van der Waals surface area contributed by atoms with Gasteiger partial charge in [-0.1, -0.05) is 55.8 Å². The average molecular weight is 430 g/mol. The van der Waals surface area contributed by atoms with Crippen LogP contribution in [0.1, 0.15) is 25.8 Å². The largest absolute Gasteiger partial charge is 0.493 e. The minimum atomic E-state index is 0.609. The van der Waals surface area contributed by atoms with Crippen molar-refractivity contribution in [2.24, 2.45) is 5.92 Å². The second kappa shape index (κ2) is 8.20. The van der Waals surface area contributed by atoms with Crippen molar-refractivity contribution in [3.63, 3.8) is 0 Å². The topological polar surface area (TPSA) is 39.9 Å². The second-order valence-electron chi connectivity index (χ2n) is 8.27. The van der Waals surface area contributed by atoms with Gasteiger partial charge in [-0.3, -0.25) is 0 Å². The number of halogens is 1. The summed E-state index contributed by atoms with van der Waals surface area (Å²) in [5.41, 5.74) is 5.67. The Bertz CT molecular complexity index is 1390. The minimum absolute atomic E-state index is 0.609. The minimum Gasteiger partial charge on any atom is -0.493 e. The van der Waals surface area contributed by atoms with Gasteiger partial charge >= 0.3 is 0 Å². The van der Waals surface area contributed by atoms with Crippen LogP contribution in [0.25, 0.3) is 33.1 Å². The fourth-order valence-electron chi connectivity index (χ4n) is 3.92. The number of para-hydroxylation sites is 3. The number of benzene rings is 3. The van der Waals surface area contributed by atoms with E-state index in [4.69, 9.17) is 26.3 Å². The van der Waals surface area contributed by atoms with Crippen molar-refractivity contribution in [1.82, 2.24) is 14.5 Å². The van der Waals surface area contributed by atoms with Crippen LogP contribution in [0, 0.1) is 5.92 Å². The highest BCUT2D eigenvalue weighted by molar-refractivity contribution is 6.31. The van der Waals surface area contributed by atoms with Crippen molar-refractivity contribution in [2.75, 3.05) is 6.61 Å². The Hall–Kier alpha value is -3.11. The number of rotatable bonds is 6. The number of nitrogens with zero attached hydrogens (tertiary/aromatic N) is 3. The van der Waals surface area contributed by atoms with Crippen molar-refractivity contribution < 1.29 is 4.74 Å². The van der Waals surface area contributed by atoms with Crippen LogP contribution in [0.5, 0.6) is 5.75 Å². The van der Waals surface area contributed by atoms with E-state index in [0.717, 1.165) is 50.8 Å². The summed E-state index contributed by atoms with van der Waals surface area (Å²) in [6, 6.07) is 22.2. The van der Waals surface area contributed by atoms with E-state index >= 15 is 0 Å². The molecule has 0 fully saturated rings. The molecule has 0 N–H and O–H groups in total. The molecule has 0 spiro atoms. The van der Waals surface area contributed by atoms with Gasteiger partial charge < -0.3 is 9.30 Å². The molecule has 0 aliphatic rings. The molecule has 0 saturated heterocycles. The third-order valence-corrected chi connectivity index (χ3v) is 5.80. The van der Waals surface area contributed by atoms with E-state index in [1.807, 2.05) is 54.6 Å². The van der Waals surface area contributed by atoms with Crippen LogP contribution in [0.15, 0.2) is 66.7 Å². The van der Waals surface area contributed by atoms with Crippen LogP contribution in [0.2, 0.25) is 5.02 Å². The van der Waals surface area contributed by atoms with Crippen molar-refractivity contribution in [3.05, 3.63) is 77.3 Å². The standard InChI is InChI=1S/C26H24ClN3O/c1-17(2)13-14-31-24-10-6-3-7-18(24)16-30-23-12-11-19(27)15-20(23)25-26(30)29-22-9-5-4-8-21(22)28-25/h3-12,15,17H,13-14,16H2,1-2H3. The summed E-state index contributed by atoms with van der Waals surface area (Å²) in [6.07, 6.45) is 1.03. The van der Waals surface area contributed by atoms with Crippen LogP contribution >= 0.6 is 11.6 Å². The first-order valence-electron chi connectivity index (χ1n) is 10.6. The molecule has 2 heterocycles. The fraction of sp³-hybridized carbons (Fsp3) is 0.231. The lowest BCUT2D eigenvalue weighted by Gasteiger charge is -2.14. The fourth-order valence-corrected chi connectivity index (χ4v) is 4.09. The summed E-state index contributed by atoms with van der Waals surface area (Å²) in [4.78, 5) is 9.90. The molecule has 0 bridgehead atoms. The first-order valence-corrected chi connectivity index (χ1v) is 11.0. The van der Waals surface area contributed by atoms with Crippen molar-refractivity contribution >= 4 is 44.7 Å². The molecular formula is C26H24ClN3O. The number of hydrogen-bond acceptors (Lipinski definition) is 3. The molecule has 31 heavy (non-hydrogen) atoms. The number of aromatic nitrogens is 3. The molecule has 0 saturated carbocycles. The molecule has 0 aliphatic carbocycles. The number of ether oxygens (including phenoxy) is 1. The average Bonchev–Trinajstić information content (AvgIpc) is 3.05. The molecule has 5 heteroatoms. The zero-order chi connectivity index (χ0) is 21.4. The molecule has 0 aliphatic heterocycles. The van der Waals surface area contributed by atoms with E-state index < -0.39 is 0 Å². The number of fused-ring (bicyclic) bond motifs is 4. The van der Waals surface area contributed by atoms with Gasteiger partial charge in [0.2, 0.25) is 0 Å². The molecule has 0 radical (unpaired) electrons. The third kappa shape index (κ3) is 3.84. The van der Waals surface area contributed by atoms with Crippen LogP contribution < -0.4 is 4.74 Å². The van der Waals surface area contributed by atoms with Crippen LogP contribution in [-0.2, 0) is 6.54 Å². The van der Waals surface area contributed by atoms with Gasteiger partial charge in [0.05, 0.1) is 29.7 Å². The zero-order valence-corrected chi connectivity index (χ0v) is 18.4. The Labute approximate surface area is 186 Å². The lowest BCUT2D eigenvalue weighted by Crippen LogP contribution is -2.06. The maximum absolute atomic E-state index is 6.34. The molecule has 5 rings (SSSR count). The van der Waals surface area contributed by atoms with E-state index in [0.29, 0.717) is 24.1 Å². The first kappa shape index (κ1) is 19.8. The summed E-state index contributed by atoms with van der Waals surface area (Å²) < 4.78 is 8.35. The smallest absolute Gasteiger partial charge is 0.160 e. The molecule has 0 amide bonds. The molecule has 3 aromatic carbocycles. The van der Waals surface area contributed by atoms with E-state index in [9.17, 15) is 0 Å². The van der Waals surface area contributed by atoms with E-state index in [-0.39, 0.29) is 0 Å². The summed E-state index contributed by atoms with van der Waals surface area (Å²) in [6.45, 7) is 5.78. The van der Waals surface area contributed by atoms with Gasteiger partial charge in [-0.15, -0.1) is 0 Å². The Balaban J connectivity index is 1.65. The summed E-state index contributed by atoms with van der Waals surface area (Å²) >= 11 is 6.34. The maximum atomic E-state index is 6.34. The van der Waals surface area contributed by atoms with E-state index in [1.54, 1.807) is 0 Å². The van der Waals surface area contributed by atoms with Crippen LogP contribution in [-0.4, -0.2) is 21.1 Å². The molecular weight excluding hydrogens is 406 g/mol. The monoisotopic (exact) mass is 429 g/mol. The predicted molar refractivity (Wildman–Crippen MR) is 128 cm³/mol. The Morgan fingerprint density at radius 2 is 1.68 bits per heavy atom. The Kier molecular flexibility index (Phi) is 5.24. The maximum Gasteiger partial charge on any atom is 0.160 e. The van der Waals surface area contributed by atoms with Gasteiger partial charge in [-0.05, 0) is 48.7 Å². The van der Waals surface area contributed by atoms with E-state index in [2.05, 4.69) is 30.5 Å². The molecule has 5 aromatic rings. The van der Waals surface area contributed by atoms with Gasteiger partial charge in [0.15, 0.2) is 5.65 Å². The molecule has 2 aromatic heterocycles. The van der Waals surface area contributed by atoms with Crippen molar-refractivity contribution in [1.29, 1.82) is 0 Å². The first-order chi connectivity index (χ1) is 15.1. The summed E-state index contributed by atoms with van der Waals surface area (Å²) in [5, 5.41) is 1.71. The third-order valence-electron chi connectivity index (χ3n) is 5.57. The normalized spacial score (nSPS) is 11.7. The SMILES string of the molecule is CC(C)CCOc1ccccc1Cn1c2ccc(Cl)cc2c2nc3ccccc3nc21. The molecule has 0 unspecified atom stereocenters. The molecule has 4 nitrogen and oxygen atoms in total. The van der Waals surface area contributed by atoms with Gasteiger partial charge in [0, 0.05) is 16.0 Å². The number of hydrogen-bond donors (Lipinski definition) is 0. The quantitative estimate of drug-likeness (QED) is 0.296. The van der Waals surface area contributed by atoms with Crippen molar-refractivity contribution in [2.45, 2.75) is 26.8 Å². The Morgan fingerprint density at radius 1 is 0.935 bits per heavy atom. The van der Waals surface area contributed by atoms with Crippen molar-refractivity contribution in [3.8, 4) is 5.75 Å². The Morgan fingerprint density at radius 3 is 2.48 bits per heavy atom. The second-order valence-corrected chi connectivity index (χ2v) is 8.71. The highest BCUT2D eigenvalue weighted by atomic mass is 35.5. The summed E-state index contributed by atoms with van der Waals surface area (Å²) in [5.74, 6) is 1.53. The van der Waals surface area contributed by atoms with Gasteiger partial charge in [-0.25, -0.2) is 9.97 Å². The molecule has 0 atom stereocenters.